The molecule has 122 valence electrons. The maximum atomic E-state index is 12.7. The summed E-state index contributed by atoms with van der Waals surface area (Å²) in [4.78, 5) is 12.7. The first-order chi connectivity index (χ1) is 11.5. The molecule has 1 heterocycles. The highest BCUT2D eigenvalue weighted by Crippen LogP contribution is 2.61. The Kier molecular flexibility index (Phi) is 3.24. The molecule has 0 bridgehead atoms. The zero-order valence-corrected chi connectivity index (χ0v) is 13.9. The van der Waals surface area contributed by atoms with Gasteiger partial charge in [-0.1, -0.05) is 24.3 Å². The van der Waals surface area contributed by atoms with Crippen molar-refractivity contribution < 1.29 is 4.79 Å². The number of carbonyl (C=O) groups excluding carboxylic acids is 1. The van der Waals surface area contributed by atoms with E-state index in [1.54, 1.807) is 10.9 Å². The predicted molar refractivity (Wildman–Crippen MR) is 90.5 cm³/mol. The molecule has 1 amide bonds. The second kappa shape index (κ2) is 5.20. The van der Waals surface area contributed by atoms with Gasteiger partial charge in [-0.25, -0.2) is 0 Å². The van der Waals surface area contributed by atoms with Crippen LogP contribution in [-0.2, 0) is 16.6 Å². The van der Waals surface area contributed by atoms with E-state index in [0.717, 1.165) is 19.3 Å². The molecule has 0 aliphatic heterocycles. The van der Waals surface area contributed by atoms with Crippen molar-refractivity contribution in [3.63, 3.8) is 0 Å². The van der Waals surface area contributed by atoms with Crippen molar-refractivity contribution in [2.75, 3.05) is 5.32 Å². The van der Waals surface area contributed by atoms with Gasteiger partial charge in [0, 0.05) is 23.6 Å². The Bertz CT molecular complexity index is 860. The lowest BCUT2D eigenvalue weighted by atomic mass is 9.95. The highest BCUT2D eigenvalue weighted by Gasteiger charge is 2.61. The van der Waals surface area contributed by atoms with Gasteiger partial charge >= 0.3 is 0 Å². The average Bonchev–Trinajstić information content (AvgIpc) is 2.98. The number of hydrogen-bond donors (Lipinski definition) is 1. The van der Waals surface area contributed by atoms with E-state index < -0.39 is 0 Å². The lowest BCUT2D eigenvalue weighted by molar-refractivity contribution is -0.117. The van der Waals surface area contributed by atoms with Crippen LogP contribution in [-0.4, -0.2) is 15.7 Å². The van der Waals surface area contributed by atoms with Gasteiger partial charge in [-0.15, -0.1) is 0 Å². The highest BCUT2D eigenvalue weighted by atomic mass is 16.2. The molecule has 5 heteroatoms. The number of aromatic nitrogens is 2. The van der Waals surface area contributed by atoms with Gasteiger partial charge in [-0.2, -0.15) is 10.4 Å². The number of aryl methyl sites for hydroxylation is 1. The minimum absolute atomic E-state index is 0.00803. The van der Waals surface area contributed by atoms with Crippen LogP contribution < -0.4 is 5.32 Å². The molecule has 2 aliphatic rings. The van der Waals surface area contributed by atoms with Gasteiger partial charge in [0.05, 0.1) is 0 Å². The second-order valence-corrected chi connectivity index (χ2v) is 7.14. The van der Waals surface area contributed by atoms with Gasteiger partial charge < -0.3 is 5.32 Å². The summed E-state index contributed by atoms with van der Waals surface area (Å²) in [6.07, 6.45) is 4.66. The lowest BCUT2D eigenvalue weighted by Crippen LogP contribution is -2.20. The quantitative estimate of drug-likeness (QED) is 0.944. The third-order valence-corrected chi connectivity index (χ3v) is 5.41. The topological polar surface area (TPSA) is 70.7 Å². The lowest BCUT2D eigenvalue weighted by Gasteiger charge is -2.11. The van der Waals surface area contributed by atoms with Crippen molar-refractivity contribution >= 4 is 11.7 Å². The summed E-state index contributed by atoms with van der Waals surface area (Å²) in [5, 5.41) is 16.5. The summed E-state index contributed by atoms with van der Waals surface area (Å²) in [6, 6.07) is 10.7. The standard InChI is InChI=1S/C19H20N4O/c1-12(2)23-11-14(10-20)17(22-23)21-18(24)16-9-19(16)8-7-13-5-3-4-6-15(13)19/h3-6,11-12,16H,7-9H2,1-2H3,(H,21,22,24)/t16-,19-/m0/s1. The molecule has 4 rings (SSSR count). The van der Waals surface area contributed by atoms with Crippen LogP contribution in [0.4, 0.5) is 5.82 Å². The Labute approximate surface area is 141 Å². The molecule has 0 radical (unpaired) electrons. The molecular weight excluding hydrogens is 300 g/mol. The fourth-order valence-electron chi connectivity index (χ4n) is 3.97. The number of carbonyl (C=O) groups is 1. The van der Waals surface area contributed by atoms with Gasteiger partial charge in [0.25, 0.3) is 0 Å². The molecule has 5 nitrogen and oxygen atoms in total. The average molecular weight is 320 g/mol. The number of rotatable bonds is 3. The smallest absolute Gasteiger partial charge is 0.229 e. The molecule has 1 saturated carbocycles. The molecule has 1 aromatic heterocycles. The van der Waals surface area contributed by atoms with Crippen LogP contribution in [0.25, 0.3) is 0 Å². The molecular formula is C19H20N4O. The van der Waals surface area contributed by atoms with Crippen LogP contribution in [0.15, 0.2) is 30.5 Å². The summed E-state index contributed by atoms with van der Waals surface area (Å²) >= 11 is 0. The van der Waals surface area contributed by atoms with E-state index in [2.05, 4.69) is 40.8 Å². The maximum absolute atomic E-state index is 12.7. The van der Waals surface area contributed by atoms with Gasteiger partial charge in [0.2, 0.25) is 5.91 Å². The van der Waals surface area contributed by atoms with E-state index >= 15 is 0 Å². The van der Waals surface area contributed by atoms with E-state index in [1.165, 1.54) is 11.1 Å². The van der Waals surface area contributed by atoms with Crippen molar-refractivity contribution in [1.29, 1.82) is 5.26 Å². The van der Waals surface area contributed by atoms with Crippen LogP contribution in [0.1, 0.15) is 49.4 Å². The van der Waals surface area contributed by atoms with Crippen molar-refractivity contribution in [2.45, 2.75) is 44.6 Å². The van der Waals surface area contributed by atoms with Crippen LogP contribution in [0, 0.1) is 17.2 Å². The fraction of sp³-hybridized carbons (Fsp3) is 0.421. The molecule has 1 N–H and O–H groups in total. The predicted octanol–water partition coefficient (Wildman–Crippen LogP) is 3.18. The van der Waals surface area contributed by atoms with Crippen molar-refractivity contribution in [2.24, 2.45) is 5.92 Å². The Balaban J connectivity index is 1.55. The molecule has 0 saturated heterocycles. The van der Waals surface area contributed by atoms with Crippen LogP contribution in [0.5, 0.6) is 0 Å². The number of hydrogen-bond acceptors (Lipinski definition) is 3. The molecule has 1 aromatic carbocycles. The number of amides is 1. The molecule has 24 heavy (non-hydrogen) atoms. The van der Waals surface area contributed by atoms with Crippen LogP contribution in [0.2, 0.25) is 0 Å². The minimum atomic E-state index is -0.0168. The molecule has 1 fully saturated rings. The second-order valence-electron chi connectivity index (χ2n) is 7.14. The molecule has 1 spiro atoms. The number of fused-ring (bicyclic) bond motifs is 2. The van der Waals surface area contributed by atoms with Gasteiger partial charge in [-0.3, -0.25) is 9.48 Å². The number of benzene rings is 1. The SMILES string of the molecule is CC(C)n1cc(C#N)c(NC(=O)[C@@H]2C[C@]23CCc2ccccc23)n1. The Morgan fingerprint density at radius 1 is 1.46 bits per heavy atom. The monoisotopic (exact) mass is 320 g/mol. The summed E-state index contributed by atoms with van der Waals surface area (Å²) < 4.78 is 1.71. The largest absolute Gasteiger partial charge is 0.308 e. The maximum Gasteiger partial charge on any atom is 0.229 e. The van der Waals surface area contributed by atoms with Crippen molar-refractivity contribution in [3.8, 4) is 6.07 Å². The van der Waals surface area contributed by atoms with Gasteiger partial charge in [0.15, 0.2) is 5.82 Å². The third kappa shape index (κ3) is 2.14. The highest BCUT2D eigenvalue weighted by molar-refractivity contribution is 5.96. The van der Waals surface area contributed by atoms with E-state index in [1.807, 2.05) is 13.8 Å². The Morgan fingerprint density at radius 3 is 3.00 bits per heavy atom. The summed E-state index contributed by atoms with van der Waals surface area (Å²) in [5.41, 5.74) is 3.13. The number of nitriles is 1. The number of nitrogens with one attached hydrogen (secondary N) is 1. The van der Waals surface area contributed by atoms with E-state index in [4.69, 9.17) is 0 Å². The zero-order valence-electron chi connectivity index (χ0n) is 13.9. The summed E-state index contributed by atoms with van der Waals surface area (Å²) in [6.45, 7) is 3.98. The third-order valence-electron chi connectivity index (χ3n) is 5.41. The first-order valence-corrected chi connectivity index (χ1v) is 8.43. The fourth-order valence-corrected chi connectivity index (χ4v) is 3.97. The zero-order chi connectivity index (χ0) is 16.9. The van der Waals surface area contributed by atoms with Gasteiger partial charge in [0.1, 0.15) is 11.6 Å². The molecule has 2 aromatic rings. The van der Waals surface area contributed by atoms with E-state index in [0.29, 0.717) is 11.4 Å². The first-order valence-electron chi connectivity index (χ1n) is 8.43. The van der Waals surface area contributed by atoms with Crippen LogP contribution in [0.3, 0.4) is 0 Å². The Hall–Kier alpha value is -2.61. The van der Waals surface area contributed by atoms with E-state index in [9.17, 15) is 10.1 Å². The van der Waals surface area contributed by atoms with Crippen molar-refractivity contribution in [3.05, 3.63) is 47.2 Å². The number of nitrogens with zero attached hydrogens (tertiary/aromatic N) is 3. The van der Waals surface area contributed by atoms with Gasteiger partial charge in [-0.05, 0) is 44.2 Å². The molecule has 2 atom stereocenters. The normalized spacial score (nSPS) is 24.0. The summed E-state index contributed by atoms with van der Waals surface area (Å²) in [5.74, 6) is 0.346. The number of anilines is 1. The van der Waals surface area contributed by atoms with E-state index in [-0.39, 0.29) is 23.3 Å². The molecule has 0 unspecified atom stereocenters. The van der Waals surface area contributed by atoms with Crippen LogP contribution >= 0.6 is 0 Å². The first kappa shape index (κ1) is 14.9. The molecule has 2 aliphatic carbocycles. The minimum Gasteiger partial charge on any atom is -0.308 e. The van der Waals surface area contributed by atoms with Crippen molar-refractivity contribution in [1.82, 2.24) is 9.78 Å². The summed E-state index contributed by atoms with van der Waals surface area (Å²) in [7, 11) is 0. The Morgan fingerprint density at radius 2 is 2.25 bits per heavy atom.